The molecule has 0 bridgehead atoms. The predicted octanol–water partition coefficient (Wildman–Crippen LogP) is 3.53. The summed E-state index contributed by atoms with van der Waals surface area (Å²) in [6.45, 7) is 5.12. The Morgan fingerprint density at radius 2 is 2.04 bits per heavy atom. The molecule has 0 spiro atoms. The minimum absolute atomic E-state index is 0.109. The third-order valence-electron chi connectivity index (χ3n) is 3.95. The van der Waals surface area contributed by atoms with E-state index in [-0.39, 0.29) is 5.56 Å². The van der Waals surface area contributed by atoms with Crippen LogP contribution >= 0.6 is 0 Å². The summed E-state index contributed by atoms with van der Waals surface area (Å²) in [5.74, 6) is -0.708. The third kappa shape index (κ3) is 4.72. The fourth-order valence-electron chi connectivity index (χ4n) is 2.55. The van der Waals surface area contributed by atoms with Gasteiger partial charge in [0, 0.05) is 36.2 Å². The molecule has 1 amide bonds. The molecule has 0 unspecified atom stereocenters. The van der Waals surface area contributed by atoms with E-state index in [1.807, 2.05) is 19.9 Å². The van der Waals surface area contributed by atoms with Gasteiger partial charge < -0.3 is 9.30 Å². The van der Waals surface area contributed by atoms with Gasteiger partial charge in [0.25, 0.3) is 5.91 Å². The molecule has 0 fully saturated rings. The van der Waals surface area contributed by atoms with E-state index in [9.17, 15) is 18.0 Å². The first-order valence-electron chi connectivity index (χ1n) is 7.90. The number of carbonyl (C=O) groups excluding carboxylic acids is 1. The topological polar surface area (TPSA) is 55.6 Å². The van der Waals surface area contributed by atoms with Crippen LogP contribution in [0.1, 0.15) is 32.9 Å². The largest absolute Gasteiger partial charge is 0.416 e. The van der Waals surface area contributed by atoms with E-state index in [0.29, 0.717) is 13.2 Å². The molecule has 0 aliphatic heterocycles. The lowest BCUT2D eigenvalue weighted by Gasteiger charge is -2.08. The molecule has 0 saturated heterocycles. The van der Waals surface area contributed by atoms with Crippen LogP contribution < -0.4 is 5.43 Å². The van der Waals surface area contributed by atoms with Crippen molar-refractivity contribution in [3.05, 3.63) is 58.4 Å². The normalized spacial score (nSPS) is 11.9. The molecule has 2 aromatic rings. The number of aryl methyl sites for hydroxylation is 1. The summed E-state index contributed by atoms with van der Waals surface area (Å²) in [4.78, 5) is 12.0. The van der Waals surface area contributed by atoms with E-state index in [4.69, 9.17) is 4.74 Å². The van der Waals surface area contributed by atoms with Gasteiger partial charge in [-0.1, -0.05) is 6.07 Å². The fourth-order valence-corrected chi connectivity index (χ4v) is 2.55. The number of methoxy groups -OCH3 is 1. The number of nitrogens with one attached hydrogen (secondary N) is 1. The summed E-state index contributed by atoms with van der Waals surface area (Å²) in [7, 11) is 1.62. The van der Waals surface area contributed by atoms with Crippen molar-refractivity contribution in [1.82, 2.24) is 9.99 Å². The highest BCUT2D eigenvalue weighted by Crippen LogP contribution is 2.29. The van der Waals surface area contributed by atoms with Crippen molar-refractivity contribution in [3.63, 3.8) is 0 Å². The fraction of sp³-hybridized carbons (Fsp3) is 0.333. The average molecular weight is 367 g/mol. The Morgan fingerprint density at radius 3 is 2.69 bits per heavy atom. The van der Waals surface area contributed by atoms with E-state index in [0.717, 1.165) is 29.1 Å². The number of hydrogen-bond donors (Lipinski definition) is 1. The zero-order chi connectivity index (χ0) is 19.3. The van der Waals surface area contributed by atoms with Gasteiger partial charge in [0.2, 0.25) is 0 Å². The zero-order valence-corrected chi connectivity index (χ0v) is 14.7. The number of alkyl halides is 3. The van der Waals surface area contributed by atoms with Gasteiger partial charge >= 0.3 is 6.18 Å². The lowest BCUT2D eigenvalue weighted by atomic mass is 10.1. The Bertz CT molecular complexity index is 810. The quantitative estimate of drug-likeness (QED) is 0.627. The van der Waals surface area contributed by atoms with Crippen LogP contribution in [0.3, 0.4) is 0 Å². The standard InChI is InChI=1S/C18H20F3N3O2/c1-12-9-15(13(2)24(12)7-8-26-3)11-22-23-17(25)14-5-4-6-16(10-14)18(19,20)21/h4-6,9-11H,7-8H2,1-3H3,(H,23,25)/b22-11-. The van der Waals surface area contributed by atoms with Gasteiger partial charge in [-0.05, 0) is 38.1 Å². The van der Waals surface area contributed by atoms with Gasteiger partial charge in [0.05, 0.1) is 18.4 Å². The predicted molar refractivity (Wildman–Crippen MR) is 92.3 cm³/mol. The van der Waals surface area contributed by atoms with E-state index in [1.54, 1.807) is 7.11 Å². The molecule has 26 heavy (non-hydrogen) atoms. The molecule has 0 saturated carbocycles. The first-order chi connectivity index (χ1) is 12.2. The van der Waals surface area contributed by atoms with Gasteiger partial charge in [-0.2, -0.15) is 18.3 Å². The van der Waals surface area contributed by atoms with Crippen LogP contribution in [0, 0.1) is 13.8 Å². The van der Waals surface area contributed by atoms with Crippen LogP contribution in [-0.4, -0.2) is 30.4 Å². The lowest BCUT2D eigenvalue weighted by Crippen LogP contribution is -2.18. The Balaban J connectivity index is 2.08. The van der Waals surface area contributed by atoms with Crippen molar-refractivity contribution >= 4 is 12.1 Å². The molecule has 1 N–H and O–H groups in total. The number of benzene rings is 1. The molecule has 0 aliphatic carbocycles. The highest BCUT2D eigenvalue weighted by atomic mass is 19.4. The molecule has 1 heterocycles. The minimum Gasteiger partial charge on any atom is -0.383 e. The van der Waals surface area contributed by atoms with E-state index >= 15 is 0 Å². The number of amides is 1. The average Bonchev–Trinajstić information content (AvgIpc) is 2.86. The van der Waals surface area contributed by atoms with Gasteiger partial charge in [-0.3, -0.25) is 4.79 Å². The zero-order valence-electron chi connectivity index (χ0n) is 14.7. The minimum atomic E-state index is -4.50. The molecule has 8 heteroatoms. The summed E-state index contributed by atoms with van der Waals surface area (Å²) in [6.07, 6.45) is -3.03. The Hall–Kier alpha value is -2.61. The summed E-state index contributed by atoms with van der Waals surface area (Å²) >= 11 is 0. The number of nitrogens with zero attached hydrogens (tertiary/aromatic N) is 2. The molecule has 0 atom stereocenters. The monoisotopic (exact) mass is 367 g/mol. The van der Waals surface area contributed by atoms with E-state index < -0.39 is 17.6 Å². The number of halogens is 3. The molecule has 0 radical (unpaired) electrons. The van der Waals surface area contributed by atoms with Crippen molar-refractivity contribution < 1.29 is 22.7 Å². The van der Waals surface area contributed by atoms with E-state index in [1.165, 1.54) is 18.3 Å². The molecule has 0 aliphatic rings. The second kappa shape index (κ2) is 8.18. The Kier molecular flexibility index (Phi) is 6.20. The number of aromatic nitrogens is 1. The number of rotatable bonds is 6. The van der Waals surface area contributed by atoms with Crippen molar-refractivity contribution in [1.29, 1.82) is 0 Å². The van der Waals surface area contributed by atoms with Gasteiger partial charge in [-0.25, -0.2) is 5.43 Å². The number of hydrogen-bond acceptors (Lipinski definition) is 3. The Morgan fingerprint density at radius 1 is 1.31 bits per heavy atom. The molecule has 5 nitrogen and oxygen atoms in total. The first-order valence-corrected chi connectivity index (χ1v) is 7.90. The lowest BCUT2D eigenvalue weighted by molar-refractivity contribution is -0.137. The van der Waals surface area contributed by atoms with Crippen LogP contribution in [0.4, 0.5) is 13.2 Å². The van der Waals surface area contributed by atoms with Crippen LogP contribution in [0.5, 0.6) is 0 Å². The summed E-state index contributed by atoms with van der Waals surface area (Å²) < 4.78 is 45.2. The van der Waals surface area contributed by atoms with Crippen molar-refractivity contribution in [2.24, 2.45) is 5.10 Å². The van der Waals surface area contributed by atoms with Crippen molar-refractivity contribution in [2.75, 3.05) is 13.7 Å². The molecule has 1 aromatic carbocycles. The summed E-state index contributed by atoms with van der Waals surface area (Å²) in [5.41, 5.74) is 4.05. The molecule has 2 rings (SSSR count). The molecular weight excluding hydrogens is 347 g/mol. The molecule has 140 valence electrons. The van der Waals surface area contributed by atoms with Crippen LogP contribution in [0.15, 0.2) is 35.4 Å². The highest BCUT2D eigenvalue weighted by molar-refractivity contribution is 5.95. The van der Waals surface area contributed by atoms with Crippen molar-refractivity contribution in [2.45, 2.75) is 26.6 Å². The Labute approximate surface area is 149 Å². The second-order valence-corrected chi connectivity index (χ2v) is 5.75. The van der Waals surface area contributed by atoms with Gasteiger partial charge in [-0.15, -0.1) is 0 Å². The SMILES string of the molecule is COCCn1c(C)cc(/C=N\NC(=O)c2cccc(C(F)(F)F)c2)c1C. The summed E-state index contributed by atoms with van der Waals surface area (Å²) in [5, 5.41) is 3.85. The molecular formula is C18H20F3N3O2. The smallest absolute Gasteiger partial charge is 0.383 e. The number of hydrazone groups is 1. The van der Waals surface area contributed by atoms with E-state index in [2.05, 4.69) is 15.1 Å². The number of ether oxygens (including phenoxy) is 1. The van der Waals surface area contributed by atoms with Crippen LogP contribution in [0.2, 0.25) is 0 Å². The van der Waals surface area contributed by atoms with Crippen molar-refractivity contribution in [3.8, 4) is 0 Å². The number of carbonyl (C=O) groups is 1. The van der Waals surface area contributed by atoms with Crippen LogP contribution in [0.25, 0.3) is 0 Å². The second-order valence-electron chi connectivity index (χ2n) is 5.75. The molecule has 1 aromatic heterocycles. The maximum absolute atomic E-state index is 12.7. The maximum atomic E-state index is 12.7. The van der Waals surface area contributed by atoms with Gasteiger partial charge in [0.1, 0.15) is 0 Å². The third-order valence-corrected chi connectivity index (χ3v) is 3.95. The highest BCUT2D eigenvalue weighted by Gasteiger charge is 2.30. The van der Waals surface area contributed by atoms with Gasteiger partial charge in [0.15, 0.2) is 0 Å². The first kappa shape index (κ1) is 19.7. The van der Waals surface area contributed by atoms with Crippen LogP contribution in [-0.2, 0) is 17.5 Å². The maximum Gasteiger partial charge on any atom is 0.416 e. The summed E-state index contributed by atoms with van der Waals surface area (Å²) in [6, 6.07) is 6.10.